The highest BCUT2D eigenvalue weighted by atomic mass is 35.5. The van der Waals surface area contributed by atoms with Crippen LogP contribution in [0.2, 0.25) is 10.3 Å². The molecule has 1 heterocycles. The van der Waals surface area contributed by atoms with E-state index >= 15 is 0 Å². The van der Waals surface area contributed by atoms with E-state index in [1.807, 2.05) is 6.92 Å². The molecule has 9 heteroatoms. The van der Waals surface area contributed by atoms with E-state index in [1.165, 1.54) is 0 Å². The topological polar surface area (TPSA) is 98.0 Å². The highest BCUT2D eigenvalue weighted by Crippen LogP contribution is 2.26. The van der Waals surface area contributed by atoms with Gasteiger partial charge in [-0.15, -0.1) is 0 Å². The first-order chi connectivity index (χ1) is 9.74. The Balaban J connectivity index is 2.26. The lowest BCUT2D eigenvalue weighted by Crippen LogP contribution is -2.24. The van der Waals surface area contributed by atoms with Gasteiger partial charge in [-0.05, 0) is 43.1 Å². The lowest BCUT2D eigenvalue weighted by Gasteiger charge is -2.15. The quantitative estimate of drug-likeness (QED) is 0.808. The highest BCUT2D eigenvalue weighted by Gasteiger charge is 2.12. The van der Waals surface area contributed by atoms with Crippen LogP contribution in [0.3, 0.4) is 0 Å². The first-order valence-electron chi connectivity index (χ1n) is 6.14. The molecule has 1 aromatic heterocycles. The van der Waals surface area contributed by atoms with Crippen molar-refractivity contribution in [2.45, 2.75) is 19.4 Å². The lowest BCUT2D eigenvalue weighted by atomic mass is 10.2. The maximum atomic E-state index is 11.0. The van der Waals surface area contributed by atoms with Crippen molar-refractivity contribution in [3.05, 3.63) is 28.5 Å². The molecule has 0 spiro atoms. The Bertz CT molecular complexity index is 767. The molecule has 2 rings (SSSR count). The molecular formula is C12H14Cl2N4O2S. The zero-order valence-electron chi connectivity index (χ0n) is 11.2. The third-order valence-electron chi connectivity index (χ3n) is 2.85. The van der Waals surface area contributed by atoms with E-state index in [1.54, 1.807) is 18.2 Å². The van der Waals surface area contributed by atoms with Gasteiger partial charge in [0.25, 0.3) is 0 Å². The summed E-state index contributed by atoms with van der Waals surface area (Å²) in [7, 11) is -3.49. The molecule has 0 amide bonds. The van der Waals surface area contributed by atoms with Crippen molar-refractivity contribution < 1.29 is 8.42 Å². The largest absolute Gasteiger partial charge is 0.367 e. The zero-order chi connectivity index (χ0) is 15.6. The van der Waals surface area contributed by atoms with Crippen LogP contribution < -0.4 is 10.5 Å². The van der Waals surface area contributed by atoms with E-state index in [2.05, 4.69) is 15.3 Å². The number of aromatic nitrogens is 2. The molecule has 3 N–H and O–H groups in total. The molecule has 0 fully saturated rings. The molecule has 1 aromatic carbocycles. The monoisotopic (exact) mass is 348 g/mol. The van der Waals surface area contributed by atoms with Crippen LogP contribution in [0, 0.1) is 0 Å². The second kappa shape index (κ2) is 6.31. The molecule has 1 unspecified atom stereocenters. The second-order valence-corrected chi connectivity index (χ2v) is 7.21. The summed E-state index contributed by atoms with van der Waals surface area (Å²) in [5.41, 5.74) is 0.653. The molecule has 0 saturated heterocycles. The molecule has 0 aliphatic rings. The number of primary sulfonamides is 1. The van der Waals surface area contributed by atoms with Crippen LogP contribution in [-0.2, 0) is 10.0 Å². The number of anilines is 1. The van der Waals surface area contributed by atoms with Crippen molar-refractivity contribution in [2.24, 2.45) is 5.14 Å². The minimum atomic E-state index is -3.49. The van der Waals surface area contributed by atoms with Gasteiger partial charge >= 0.3 is 0 Å². The molecule has 6 nitrogen and oxygen atoms in total. The number of benzene rings is 1. The number of nitrogens with one attached hydrogen (secondary N) is 1. The van der Waals surface area contributed by atoms with E-state index in [0.717, 1.165) is 0 Å². The van der Waals surface area contributed by atoms with Gasteiger partial charge in [0.2, 0.25) is 15.3 Å². The van der Waals surface area contributed by atoms with Gasteiger partial charge in [-0.1, -0.05) is 11.6 Å². The van der Waals surface area contributed by atoms with Gasteiger partial charge in [0.15, 0.2) is 0 Å². The average molecular weight is 349 g/mol. The van der Waals surface area contributed by atoms with Crippen LogP contribution in [0.15, 0.2) is 18.2 Å². The molecule has 114 valence electrons. The first kappa shape index (κ1) is 16.2. The van der Waals surface area contributed by atoms with E-state index < -0.39 is 10.0 Å². The van der Waals surface area contributed by atoms with Gasteiger partial charge in [-0.2, -0.15) is 0 Å². The minimum absolute atomic E-state index is 0.103. The Kier molecular flexibility index (Phi) is 4.88. The van der Waals surface area contributed by atoms with Gasteiger partial charge < -0.3 is 5.32 Å². The summed E-state index contributed by atoms with van der Waals surface area (Å²) < 4.78 is 22.0. The molecule has 0 aliphatic heterocycles. The number of nitrogens with zero attached hydrogens (tertiary/aromatic N) is 2. The fourth-order valence-corrected chi connectivity index (χ4v) is 2.86. The summed E-state index contributed by atoms with van der Waals surface area (Å²) in [5, 5.41) is 9.47. The van der Waals surface area contributed by atoms with Crippen molar-refractivity contribution in [1.29, 1.82) is 0 Å². The third kappa shape index (κ3) is 4.67. The molecule has 0 bridgehead atoms. The molecule has 0 saturated carbocycles. The van der Waals surface area contributed by atoms with Crippen LogP contribution >= 0.6 is 23.2 Å². The summed E-state index contributed by atoms with van der Waals surface area (Å²) in [6, 6.07) is 5.02. The number of fused-ring (bicyclic) bond motifs is 1. The standard InChI is InChI=1S/C12H14Cl2N4O2S/c1-7(4-5-21(15,19)20)16-11-9-6-8(13)2-3-10(9)17-12(14)18-11/h2-3,6-7H,4-5H2,1H3,(H2,15,19,20)(H,16,17,18). The van der Waals surface area contributed by atoms with E-state index in [9.17, 15) is 8.42 Å². The summed E-state index contributed by atoms with van der Waals surface area (Å²) in [6.45, 7) is 1.83. The molecule has 2 aromatic rings. The number of hydrogen-bond acceptors (Lipinski definition) is 5. The second-order valence-electron chi connectivity index (χ2n) is 4.70. The first-order valence-corrected chi connectivity index (χ1v) is 8.61. The predicted octanol–water partition coefficient (Wildman–Crippen LogP) is 2.42. The molecule has 1 atom stereocenters. The number of hydrogen-bond donors (Lipinski definition) is 2. The van der Waals surface area contributed by atoms with Crippen molar-refractivity contribution in [1.82, 2.24) is 9.97 Å². The Morgan fingerprint density at radius 3 is 2.71 bits per heavy atom. The SMILES string of the molecule is CC(CCS(N)(=O)=O)Nc1nc(Cl)nc2ccc(Cl)cc12. The Morgan fingerprint density at radius 1 is 1.33 bits per heavy atom. The van der Waals surface area contributed by atoms with Crippen molar-refractivity contribution >= 4 is 49.9 Å². The summed E-state index contributed by atoms with van der Waals surface area (Å²) in [5.74, 6) is 0.396. The van der Waals surface area contributed by atoms with Crippen LogP contribution in [0.1, 0.15) is 13.3 Å². The fraction of sp³-hybridized carbons (Fsp3) is 0.333. The zero-order valence-corrected chi connectivity index (χ0v) is 13.5. The average Bonchev–Trinajstić information content (AvgIpc) is 2.36. The lowest BCUT2D eigenvalue weighted by molar-refractivity contribution is 0.591. The van der Waals surface area contributed by atoms with Crippen LogP contribution in [0.5, 0.6) is 0 Å². The smallest absolute Gasteiger partial charge is 0.224 e. The van der Waals surface area contributed by atoms with Gasteiger partial charge in [-0.3, -0.25) is 0 Å². The van der Waals surface area contributed by atoms with Crippen molar-refractivity contribution in [3.8, 4) is 0 Å². The molecular weight excluding hydrogens is 335 g/mol. The van der Waals surface area contributed by atoms with E-state index in [-0.39, 0.29) is 17.1 Å². The highest BCUT2D eigenvalue weighted by molar-refractivity contribution is 7.89. The van der Waals surface area contributed by atoms with Gasteiger partial charge in [-0.25, -0.2) is 23.5 Å². The van der Waals surface area contributed by atoms with Gasteiger partial charge in [0.05, 0.1) is 11.3 Å². The summed E-state index contributed by atoms with van der Waals surface area (Å²) in [6.07, 6.45) is 0.350. The van der Waals surface area contributed by atoms with Crippen LogP contribution in [0.25, 0.3) is 10.9 Å². The number of sulfonamides is 1. The molecule has 0 aliphatic carbocycles. The van der Waals surface area contributed by atoms with Crippen molar-refractivity contribution in [2.75, 3.05) is 11.1 Å². The Hall–Kier alpha value is -1.15. The number of halogens is 2. The number of nitrogens with two attached hydrogens (primary N) is 1. The molecule has 21 heavy (non-hydrogen) atoms. The maximum absolute atomic E-state index is 11.0. The summed E-state index contributed by atoms with van der Waals surface area (Å²) >= 11 is 11.9. The predicted molar refractivity (Wildman–Crippen MR) is 85.2 cm³/mol. The van der Waals surface area contributed by atoms with Crippen LogP contribution in [-0.4, -0.2) is 30.2 Å². The summed E-state index contributed by atoms with van der Waals surface area (Å²) in [4.78, 5) is 8.24. The van der Waals surface area contributed by atoms with Gasteiger partial charge in [0, 0.05) is 16.5 Å². The fourth-order valence-electron chi connectivity index (χ4n) is 1.83. The Labute approximate surface area is 132 Å². The van der Waals surface area contributed by atoms with Crippen LogP contribution in [0.4, 0.5) is 5.82 Å². The molecule has 0 radical (unpaired) electrons. The van der Waals surface area contributed by atoms with Gasteiger partial charge in [0.1, 0.15) is 5.82 Å². The van der Waals surface area contributed by atoms with E-state index in [0.29, 0.717) is 28.2 Å². The van der Waals surface area contributed by atoms with Crippen molar-refractivity contribution in [3.63, 3.8) is 0 Å². The third-order valence-corrected chi connectivity index (χ3v) is 4.06. The number of rotatable bonds is 5. The maximum Gasteiger partial charge on any atom is 0.224 e. The van der Waals surface area contributed by atoms with E-state index in [4.69, 9.17) is 28.3 Å². The normalized spacial score (nSPS) is 13.3. The Morgan fingerprint density at radius 2 is 2.05 bits per heavy atom. The minimum Gasteiger partial charge on any atom is -0.367 e.